The van der Waals surface area contributed by atoms with Gasteiger partial charge in [-0.15, -0.1) is 11.6 Å². The van der Waals surface area contributed by atoms with Crippen molar-refractivity contribution in [1.82, 2.24) is 59.2 Å². The number of rotatable bonds is 24. The van der Waals surface area contributed by atoms with Gasteiger partial charge in [-0.05, 0) is 125 Å². The number of methoxy groups -OCH3 is 4. The second-order valence-corrected chi connectivity index (χ2v) is 25.2. The van der Waals surface area contributed by atoms with Gasteiger partial charge >= 0.3 is 0 Å². The summed E-state index contributed by atoms with van der Waals surface area (Å²) in [5, 5.41) is 12.9. The molecule has 1 saturated heterocycles. The largest absolute Gasteiger partial charge is 0.497 e. The van der Waals surface area contributed by atoms with E-state index in [9.17, 15) is 0 Å². The lowest BCUT2D eigenvalue weighted by Crippen LogP contribution is -2.29. The number of benzene rings is 6. The van der Waals surface area contributed by atoms with Crippen LogP contribution in [0, 0.1) is 11.8 Å². The quantitative estimate of drug-likeness (QED) is 0.0516. The maximum absolute atomic E-state index is 5.94. The Labute approximate surface area is 574 Å². The Bertz CT molecular complexity index is 4660. The number of halogens is 1. The predicted octanol–water partition coefficient (Wildman–Crippen LogP) is 14.6. The number of fused-ring (bicyclic) bond motifs is 3. The number of anilines is 6. The molecule has 2 saturated carbocycles. The molecule has 6 aromatic carbocycles. The first-order valence-corrected chi connectivity index (χ1v) is 33.5. The molecule has 2 aliphatic carbocycles. The third kappa shape index (κ3) is 16.3. The highest BCUT2D eigenvalue weighted by Crippen LogP contribution is 2.41. The summed E-state index contributed by atoms with van der Waals surface area (Å²) in [4.78, 5) is 35.3. The Morgan fingerprint density at radius 3 is 1.28 bits per heavy atom. The number of ether oxygens (including phenoxy) is 7. The zero-order valence-corrected chi connectivity index (χ0v) is 57.2. The molecule has 504 valence electrons. The molecule has 3 aliphatic rings. The second-order valence-electron chi connectivity index (χ2n) is 24.8. The van der Waals surface area contributed by atoms with Crippen molar-refractivity contribution in [1.29, 1.82) is 0 Å². The van der Waals surface area contributed by atoms with Crippen LogP contribution >= 0.6 is 11.6 Å². The Morgan fingerprint density at radius 2 is 0.867 bits per heavy atom. The smallest absolute Gasteiger partial charge is 0.175 e. The molecule has 0 amide bonds. The van der Waals surface area contributed by atoms with Gasteiger partial charge in [-0.3, -0.25) is 29.0 Å². The number of hydrogen-bond donors (Lipinski definition) is 0. The Morgan fingerprint density at radius 1 is 0.459 bits per heavy atom. The molecule has 7 heterocycles. The van der Waals surface area contributed by atoms with Crippen molar-refractivity contribution in [2.45, 2.75) is 64.9 Å². The van der Waals surface area contributed by atoms with Crippen molar-refractivity contribution in [2.24, 2.45) is 25.9 Å². The minimum absolute atomic E-state index is 0.147. The summed E-state index contributed by atoms with van der Waals surface area (Å²) < 4.78 is 44.9. The van der Waals surface area contributed by atoms with Crippen LogP contribution in [-0.4, -0.2) is 139 Å². The van der Waals surface area contributed by atoms with E-state index in [1.54, 1.807) is 56.4 Å². The zero-order chi connectivity index (χ0) is 67.7. The third-order valence-electron chi connectivity index (χ3n) is 17.1. The molecule has 0 bridgehead atoms. The highest BCUT2D eigenvalue weighted by molar-refractivity contribution is 6.17. The van der Waals surface area contributed by atoms with Gasteiger partial charge in [0.05, 0.1) is 142 Å². The number of hydrogen-bond acceptors (Lipinski definition) is 19. The third-order valence-corrected chi connectivity index (χ3v) is 17.3. The molecule has 0 atom stereocenters. The van der Waals surface area contributed by atoms with Crippen LogP contribution in [-0.2, 0) is 30.1 Å². The lowest BCUT2D eigenvalue weighted by Gasteiger charge is -2.28. The van der Waals surface area contributed by atoms with Crippen LogP contribution in [0.15, 0.2) is 171 Å². The van der Waals surface area contributed by atoms with Gasteiger partial charge in [0.15, 0.2) is 6.29 Å². The molecule has 15 rings (SSSR count). The molecule has 0 spiro atoms. The summed E-state index contributed by atoms with van der Waals surface area (Å²) in [6.07, 6.45) is 22.5. The summed E-state index contributed by atoms with van der Waals surface area (Å²) >= 11 is 5.81. The van der Waals surface area contributed by atoms with Crippen LogP contribution in [0.2, 0.25) is 0 Å². The van der Waals surface area contributed by atoms with Gasteiger partial charge in [-0.25, -0.2) is 15.0 Å². The first-order valence-electron chi connectivity index (χ1n) is 33.0. The van der Waals surface area contributed by atoms with Gasteiger partial charge in [-0.2, -0.15) is 15.3 Å². The van der Waals surface area contributed by atoms with Crippen molar-refractivity contribution in [3.05, 3.63) is 171 Å². The molecule has 98 heavy (non-hydrogen) atoms. The maximum Gasteiger partial charge on any atom is 0.175 e. The Balaban J connectivity index is 0.000000132. The van der Waals surface area contributed by atoms with Crippen LogP contribution in [0.25, 0.3) is 66.9 Å². The highest BCUT2D eigenvalue weighted by Gasteiger charge is 2.29. The molecule has 23 heteroatoms. The maximum atomic E-state index is 5.94. The van der Waals surface area contributed by atoms with Gasteiger partial charge in [-0.1, -0.05) is 6.07 Å². The van der Waals surface area contributed by atoms with E-state index in [2.05, 4.69) is 107 Å². The highest BCUT2D eigenvalue weighted by atomic mass is 35.5. The molecular weight excluding hydrogens is 1260 g/mol. The number of aromatic nitrogens is 12. The van der Waals surface area contributed by atoms with E-state index in [0.29, 0.717) is 43.1 Å². The molecule has 22 nitrogen and oxygen atoms in total. The molecule has 12 aromatic rings. The fraction of sp³-hybridized carbons (Fsp3) is 0.320. The molecule has 0 N–H and O–H groups in total. The summed E-state index contributed by atoms with van der Waals surface area (Å²) in [7, 11) is 10.4. The zero-order valence-electron chi connectivity index (χ0n) is 56.4. The summed E-state index contributed by atoms with van der Waals surface area (Å²) in [5.74, 6) is 5.86. The average Bonchev–Trinajstić information content (AvgIpc) is 1.21. The van der Waals surface area contributed by atoms with Gasteiger partial charge < -0.3 is 47.9 Å². The lowest BCUT2D eigenvalue weighted by atomic mass is 10.1. The summed E-state index contributed by atoms with van der Waals surface area (Å²) in [6, 6.07) is 38.7. The van der Waals surface area contributed by atoms with Crippen LogP contribution in [0.5, 0.6) is 28.7 Å². The first kappa shape index (κ1) is 66.2. The van der Waals surface area contributed by atoms with E-state index in [4.69, 9.17) is 59.7 Å². The van der Waals surface area contributed by atoms with Crippen LogP contribution in [0.3, 0.4) is 0 Å². The van der Waals surface area contributed by atoms with E-state index in [-0.39, 0.29) is 12.4 Å². The van der Waals surface area contributed by atoms with E-state index in [1.165, 1.54) is 25.7 Å². The monoisotopic (exact) mass is 1340 g/mol. The number of aryl methyl sites for hydroxylation is 3. The molecule has 1 aliphatic heterocycles. The van der Waals surface area contributed by atoms with Gasteiger partial charge in [0.2, 0.25) is 0 Å². The number of nitrogens with zero attached hydrogens (tertiary/aromatic N) is 15. The van der Waals surface area contributed by atoms with E-state index in [1.807, 2.05) is 123 Å². The fourth-order valence-corrected chi connectivity index (χ4v) is 11.7. The summed E-state index contributed by atoms with van der Waals surface area (Å²) in [5.41, 5.74) is 16.5. The topological polar surface area (TPSA) is 205 Å². The van der Waals surface area contributed by atoms with Crippen molar-refractivity contribution in [3.63, 3.8) is 0 Å². The van der Waals surface area contributed by atoms with Gasteiger partial charge in [0.25, 0.3) is 0 Å². The first-order chi connectivity index (χ1) is 47.8. The van der Waals surface area contributed by atoms with Gasteiger partial charge in [0, 0.05) is 151 Å². The van der Waals surface area contributed by atoms with Gasteiger partial charge in [0.1, 0.15) is 28.7 Å². The molecular formula is C75H80ClN15O7. The van der Waals surface area contributed by atoms with E-state index in [0.717, 1.165) is 150 Å². The lowest BCUT2D eigenvalue weighted by molar-refractivity contribution is -0.0329. The summed E-state index contributed by atoms with van der Waals surface area (Å²) in [6.45, 7) is 8.48. The Hall–Kier alpha value is -10.4. The minimum Gasteiger partial charge on any atom is -0.497 e. The van der Waals surface area contributed by atoms with Crippen LogP contribution in [0.1, 0.15) is 46.0 Å². The fourth-order valence-electron chi connectivity index (χ4n) is 11.6. The molecule has 0 radical (unpaired) electrons. The van der Waals surface area contributed by atoms with E-state index >= 15 is 0 Å². The molecule has 3 fully saturated rings. The normalized spacial score (nSPS) is 13.7. The van der Waals surface area contributed by atoms with Crippen LogP contribution < -0.4 is 38.4 Å². The van der Waals surface area contributed by atoms with Crippen molar-refractivity contribution < 1.29 is 33.2 Å². The van der Waals surface area contributed by atoms with Crippen LogP contribution in [0.4, 0.5) is 34.1 Å². The molecule has 6 aromatic heterocycles. The Kier molecular flexibility index (Phi) is 20.5. The SMILES string of the molecule is CC(C)Oc1cccc(N(CC2CC2)c2ccc3ncc(-c4cnn(C)c4)nc3c2)c1.COc1cc(OC)cc(N(CC2CC2)c2ccc3ncc(-c4cnn(CCCCl)c4)nc3c2)c1.COc1cc(OC)cc(N(CC2OCCO2)c2ccc3ncc(-c4cnn(C)c4)nc3c2)c1. The van der Waals surface area contributed by atoms with Crippen molar-refractivity contribution >= 4 is 78.8 Å². The average molecular weight is 1340 g/mol. The molecule has 0 unspecified atom stereocenters. The predicted molar refractivity (Wildman–Crippen MR) is 383 cm³/mol. The van der Waals surface area contributed by atoms with Crippen molar-refractivity contribution in [3.8, 4) is 62.5 Å². The van der Waals surface area contributed by atoms with E-state index < -0.39 is 0 Å². The number of alkyl halides is 1. The standard InChI is InChI=1S/C26H28ClN5O2.C25H27N5O.C24H25N5O4/c1-33-22-10-21(11-23(13-22)34-2)32(16-18-4-5-18)20-6-7-24-25(12-20)30-26(15-28-24)19-14-29-31(17-19)9-3-8-27;1-17(2)31-22-6-4-5-20(11-22)30(15-18-7-8-18)21-9-10-23-24(12-21)28-25(14-26-23)19-13-27-29(3)16-19;1-28-14-16(12-26-28)23-13-25-21-5-4-17(10-22(21)27-23)29(15-24-32-6-7-33-24)18-8-19(30-2)11-20(9-18)31-3/h6-7,10-15,17-18H,3-5,8-9,16H2,1-2H3;4-6,9-14,16-18H,7-8,15H2,1-3H3;4-5,8-14,24H,6-7,15H2,1-3H3. The second kappa shape index (κ2) is 30.3. The van der Waals surface area contributed by atoms with Crippen molar-refractivity contribution in [2.75, 3.05) is 81.9 Å². The minimum atomic E-state index is -0.342.